The highest BCUT2D eigenvalue weighted by atomic mass is 14.3. The largest absolute Gasteiger partial charge is 0.0961 e. The Morgan fingerprint density at radius 1 is 1.47 bits per heavy atom. The summed E-state index contributed by atoms with van der Waals surface area (Å²) in [6.45, 7) is 15.3. The maximum atomic E-state index is 3.92. The lowest BCUT2D eigenvalue weighted by Crippen LogP contribution is -2.23. The minimum absolute atomic E-state index is 0.336. The monoisotopic (exact) mass is 204 g/mol. The van der Waals surface area contributed by atoms with Crippen molar-refractivity contribution in [2.24, 2.45) is 11.3 Å². The van der Waals surface area contributed by atoms with Gasteiger partial charge >= 0.3 is 0 Å². The lowest BCUT2D eigenvalue weighted by atomic mass is 9.69. The molecule has 0 saturated carbocycles. The van der Waals surface area contributed by atoms with Crippen molar-refractivity contribution in [1.82, 2.24) is 0 Å². The summed E-state index contributed by atoms with van der Waals surface area (Å²) in [5.74, 6) is 0.739. The lowest BCUT2D eigenvalue weighted by Gasteiger charge is -2.36. The first-order valence-corrected chi connectivity index (χ1v) is 5.89. The van der Waals surface area contributed by atoms with Gasteiger partial charge in [0.05, 0.1) is 0 Å². The van der Waals surface area contributed by atoms with E-state index in [0.29, 0.717) is 5.41 Å². The fourth-order valence-corrected chi connectivity index (χ4v) is 2.31. The first kappa shape index (κ1) is 12.3. The molecule has 0 aliphatic heterocycles. The van der Waals surface area contributed by atoms with Crippen LogP contribution in [0.15, 0.2) is 35.5 Å². The van der Waals surface area contributed by atoms with Crippen molar-refractivity contribution < 1.29 is 0 Å². The quantitative estimate of drug-likeness (QED) is 0.562. The molecule has 1 aliphatic carbocycles. The fraction of sp³-hybridized carbons (Fsp3) is 0.600. The van der Waals surface area contributed by atoms with Crippen LogP contribution in [0.5, 0.6) is 0 Å². The molecular formula is C15H24. The van der Waals surface area contributed by atoms with Gasteiger partial charge in [0.1, 0.15) is 0 Å². The molecule has 15 heavy (non-hydrogen) atoms. The average Bonchev–Trinajstić information content (AvgIpc) is 2.11. The van der Waals surface area contributed by atoms with E-state index in [1.54, 1.807) is 5.57 Å². The van der Waals surface area contributed by atoms with Gasteiger partial charge in [0.25, 0.3) is 0 Å². The number of rotatable bonds is 2. The van der Waals surface area contributed by atoms with Crippen LogP contribution < -0.4 is 0 Å². The normalized spacial score (nSPS) is 26.1. The van der Waals surface area contributed by atoms with Crippen LogP contribution in [0.4, 0.5) is 0 Å². The van der Waals surface area contributed by atoms with Crippen LogP contribution in [0.2, 0.25) is 0 Å². The SMILES string of the molecule is C=C(C)/C=C/C1=C(C)C(C)CCC1(C)C. The van der Waals surface area contributed by atoms with Gasteiger partial charge in [0, 0.05) is 0 Å². The predicted octanol–water partition coefficient (Wildman–Crippen LogP) is 4.89. The molecule has 0 amide bonds. The van der Waals surface area contributed by atoms with Crippen molar-refractivity contribution in [1.29, 1.82) is 0 Å². The van der Waals surface area contributed by atoms with Gasteiger partial charge in [0.15, 0.2) is 0 Å². The van der Waals surface area contributed by atoms with Gasteiger partial charge in [-0.05, 0) is 43.6 Å². The van der Waals surface area contributed by atoms with E-state index < -0.39 is 0 Å². The number of hydrogen-bond acceptors (Lipinski definition) is 0. The van der Waals surface area contributed by atoms with Crippen LogP contribution in [0.1, 0.15) is 47.5 Å². The van der Waals surface area contributed by atoms with Crippen molar-refractivity contribution >= 4 is 0 Å². The summed E-state index contributed by atoms with van der Waals surface area (Å²) >= 11 is 0. The van der Waals surface area contributed by atoms with E-state index in [0.717, 1.165) is 11.5 Å². The Kier molecular flexibility index (Phi) is 3.59. The molecule has 0 spiro atoms. The molecular weight excluding hydrogens is 180 g/mol. The van der Waals surface area contributed by atoms with Gasteiger partial charge in [-0.1, -0.05) is 50.6 Å². The third-order valence-electron chi connectivity index (χ3n) is 3.63. The molecule has 84 valence electrons. The smallest absolute Gasteiger partial charge is 0.0104 e. The highest BCUT2D eigenvalue weighted by Crippen LogP contribution is 2.43. The van der Waals surface area contributed by atoms with Crippen LogP contribution in [-0.4, -0.2) is 0 Å². The van der Waals surface area contributed by atoms with Gasteiger partial charge < -0.3 is 0 Å². The van der Waals surface area contributed by atoms with E-state index >= 15 is 0 Å². The third-order valence-corrected chi connectivity index (χ3v) is 3.63. The summed E-state index contributed by atoms with van der Waals surface area (Å²) in [4.78, 5) is 0. The van der Waals surface area contributed by atoms with Crippen molar-refractivity contribution in [3.8, 4) is 0 Å². The minimum Gasteiger partial charge on any atom is -0.0961 e. The first-order valence-electron chi connectivity index (χ1n) is 5.89. The van der Waals surface area contributed by atoms with Gasteiger partial charge in [0.2, 0.25) is 0 Å². The molecule has 0 heterocycles. The molecule has 0 aromatic carbocycles. The molecule has 0 aromatic heterocycles. The zero-order valence-corrected chi connectivity index (χ0v) is 10.9. The maximum Gasteiger partial charge on any atom is -0.0104 e. The van der Waals surface area contributed by atoms with E-state index in [9.17, 15) is 0 Å². The molecule has 0 fully saturated rings. The topological polar surface area (TPSA) is 0 Å². The summed E-state index contributed by atoms with van der Waals surface area (Å²) in [5.41, 5.74) is 4.54. The zero-order chi connectivity index (χ0) is 11.6. The van der Waals surface area contributed by atoms with Crippen molar-refractivity contribution in [2.75, 3.05) is 0 Å². The van der Waals surface area contributed by atoms with E-state index in [4.69, 9.17) is 0 Å². The second kappa shape index (κ2) is 4.38. The van der Waals surface area contributed by atoms with Crippen LogP contribution in [-0.2, 0) is 0 Å². The van der Waals surface area contributed by atoms with Crippen LogP contribution in [0.25, 0.3) is 0 Å². The van der Waals surface area contributed by atoms with E-state index in [2.05, 4.69) is 46.4 Å². The summed E-state index contributed by atoms with van der Waals surface area (Å²) in [6.07, 6.45) is 7.02. The first-order chi connectivity index (χ1) is 6.84. The molecule has 0 heteroatoms. The summed E-state index contributed by atoms with van der Waals surface area (Å²) in [5, 5.41) is 0. The molecule has 0 saturated heterocycles. The molecule has 0 radical (unpaired) electrons. The molecule has 0 N–H and O–H groups in total. The van der Waals surface area contributed by atoms with Crippen molar-refractivity contribution in [2.45, 2.75) is 47.5 Å². The van der Waals surface area contributed by atoms with Gasteiger partial charge in [-0.25, -0.2) is 0 Å². The molecule has 1 unspecified atom stereocenters. The lowest BCUT2D eigenvalue weighted by molar-refractivity contribution is 0.339. The minimum atomic E-state index is 0.336. The Hall–Kier alpha value is -0.780. The highest BCUT2D eigenvalue weighted by molar-refractivity contribution is 5.36. The Morgan fingerprint density at radius 2 is 2.07 bits per heavy atom. The van der Waals surface area contributed by atoms with Crippen molar-refractivity contribution in [3.63, 3.8) is 0 Å². The van der Waals surface area contributed by atoms with E-state index in [1.807, 2.05) is 6.92 Å². The van der Waals surface area contributed by atoms with Crippen LogP contribution in [0.3, 0.4) is 0 Å². The Morgan fingerprint density at radius 3 is 2.60 bits per heavy atom. The van der Waals surface area contributed by atoms with Gasteiger partial charge in [-0.3, -0.25) is 0 Å². The third kappa shape index (κ3) is 2.84. The summed E-state index contributed by atoms with van der Waals surface area (Å²) < 4.78 is 0. The fourth-order valence-electron chi connectivity index (χ4n) is 2.31. The van der Waals surface area contributed by atoms with E-state index in [-0.39, 0.29) is 0 Å². The Balaban J connectivity index is 3.07. The standard InChI is InChI=1S/C15H24/c1-11(2)7-8-14-13(4)12(3)9-10-15(14,5)6/h7-8,12H,1,9-10H2,2-6H3/b8-7+. The molecule has 1 rings (SSSR count). The Labute approximate surface area is 94.8 Å². The Bertz CT molecular complexity index is 313. The predicted molar refractivity (Wildman–Crippen MR) is 68.8 cm³/mol. The molecule has 0 aromatic rings. The number of hydrogen-bond donors (Lipinski definition) is 0. The second-order valence-electron chi connectivity index (χ2n) is 5.60. The van der Waals surface area contributed by atoms with Gasteiger partial charge in [-0.2, -0.15) is 0 Å². The van der Waals surface area contributed by atoms with Crippen LogP contribution >= 0.6 is 0 Å². The van der Waals surface area contributed by atoms with Crippen molar-refractivity contribution in [3.05, 3.63) is 35.5 Å². The molecule has 1 atom stereocenters. The van der Waals surface area contributed by atoms with Crippen LogP contribution in [0, 0.1) is 11.3 Å². The van der Waals surface area contributed by atoms with Gasteiger partial charge in [-0.15, -0.1) is 0 Å². The molecule has 0 nitrogen and oxygen atoms in total. The highest BCUT2D eigenvalue weighted by Gasteiger charge is 2.29. The molecule has 1 aliphatic rings. The summed E-state index contributed by atoms with van der Waals surface area (Å²) in [6, 6.07) is 0. The maximum absolute atomic E-state index is 3.92. The average molecular weight is 204 g/mol. The summed E-state index contributed by atoms with van der Waals surface area (Å²) in [7, 11) is 0. The number of allylic oxidation sites excluding steroid dienone is 5. The molecule has 0 bridgehead atoms. The second-order valence-corrected chi connectivity index (χ2v) is 5.60. The zero-order valence-electron chi connectivity index (χ0n) is 10.9. The van der Waals surface area contributed by atoms with E-state index in [1.165, 1.54) is 18.4 Å².